The van der Waals surface area contributed by atoms with Crippen molar-refractivity contribution >= 4 is 69.6 Å². The molecule has 0 nitrogen and oxygen atoms in total. The van der Waals surface area contributed by atoms with Gasteiger partial charge in [-0.15, -0.1) is 0 Å². The molecule has 0 heterocycles. The normalized spacial score (nSPS) is 10.8. The van der Waals surface area contributed by atoms with Crippen molar-refractivity contribution in [3.8, 4) is 0 Å². The van der Waals surface area contributed by atoms with Crippen LogP contribution in [0.1, 0.15) is 22.3 Å². The van der Waals surface area contributed by atoms with E-state index in [9.17, 15) is 0 Å². The molecule has 0 saturated carbocycles. The van der Waals surface area contributed by atoms with Crippen LogP contribution in [-0.4, -0.2) is 20.7 Å². The molecular weight excluding hydrogens is 467 g/mol. The van der Waals surface area contributed by atoms with Crippen LogP contribution in [0.15, 0.2) is 78.9 Å². The maximum absolute atomic E-state index is 5.77. The number of benzene rings is 3. The number of hydrogen-bond donors (Lipinski definition) is 0. The van der Waals surface area contributed by atoms with Crippen LogP contribution in [-0.2, 0) is 0 Å². The standard InChI is InChI=1S/C22H19AsS4/c1-16-8-12-18(13-9-16)21(24)26-23(20-6-4-3-5-7-20)27-22(25)19-14-10-17(2)11-15-19/h3-15H,1-2H3. The average molecular weight is 487 g/mol. The van der Waals surface area contributed by atoms with E-state index in [4.69, 9.17) is 24.4 Å². The molecule has 0 fully saturated rings. The first-order valence-corrected chi connectivity index (χ1v) is 16.4. The topological polar surface area (TPSA) is 0 Å². The Morgan fingerprint density at radius 3 is 1.44 bits per heavy atom. The van der Waals surface area contributed by atoms with Crippen molar-refractivity contribution in [3.05, 3.63) is 101 Å². The van der Waals surface area contributed by atoms with Gasteiger partial charge in [0.15, 0.2) is 0 Å². The molecule has 136 valence electrons. The molecule has 3 rings (SSSR count). The Morgan fingerprint density at radius 2 is 1.04 bits per heavy atom. The Morgan fingerprint density at radius 1 is 0.630 bits per heavy atom. The fourth-order valence-electron chi connectivity index (χ4n) is 2.31. The molecule has 0 amide bonds. The quantitative estimate of drug-likeness (QED) is 0.310. The predicted octanol–water partition coefficient (Wildman–Crippen LogP) is 6.22. The van der Waals surface area contributed by atoms with E-state index < -0.39 is 12.3 Å². The van der Waals surface area contributed by atoms with Crippen LogP contribution in [0.2, 0.25) is 0 Å². The van der Waals surface area contributed by atoms with Crippen LogP contribution < -0.4 is 4.35 Å². The summed E-state index contributed by atoms with van der Waals surface area (Å²) in [5.74, 6) is 0. The van der Waals surface area contributed by atoms with Crippen molar-refractivity contribution < 1.29 is 0 Å². The minimum atomic E-state index is -1.60. The molecule has 3 aromatic rings. The zero-order chi connectivity index (χ0) is 19.2. The van der Waals surface area contributed by atoms with E-state index in [1.165, 1.54) is 15.5 Å². The summed E-state index contributed by atoms with van der Waals surface area (Å²) in [5, 5.41) is 0. The van der Waals surface area contributed by atoms with Gasteiger partial charge >= 0.3 is 185 Å². The summed E-state index contributed by atoms with van der Waals surface area (Å²) in [6, 6.07) is 27.6. The summed E-state index contributed by atoms with van der Waals surface area (Å²) < 4.78 is 3.28. The third-order valence-corrected chi connectivity index (χ3v) is 18.0. The number of aryl methyl sites for hydroxylation is 2. The Balaban J connectivity index is 1.81. The predicted molar refractivity (Wildman–Crippen MR) is 133 cm³/mol. The zero-order valence-corrected chi connectivity index (χ0v) is 20.2. The Labute approximate surface area is 183 Å². The molecule has 0 spiro atoms. The molecule has 0 saturated heterocycles. The van der Waals surface area contributed by atoms with E-state index in [1.54, 1.807) is 0 Å². The third kappa shape index (κ3) is 6.04. The summed E-state index contributed by atoms with van der Waals surface area (Å²) in [6.45, 7) is 4.19. The summed E-state index contributed by atoms with van der Waals surface area (Å²) in [6.07, 6.45) is 0. The summed E-state index contributed by atoms with van der Waals surface area (Å²) in [5.41, 5.74) is 4.74. The molecule has 0 aromatic heterocycles. The average Bonchev–Trinajstić information content (AvgIpc) is 2.69. The molecule has 0 bridgehead atoms. The van der Waals surface area contributed by atoms with Crippen LogP contribution >= 0.6 is 44.5 Å². The van der Waals surface area contributed by atoms with Crippen molar-refractivity contribution in [2.45, 2.75) is 13.8 Å². The third-order valence-electron chi connectivity index (χ3n) is 3.87. The molecular formula is C22H19AsS4. The number of thiocarbonyl (C=S) groups is 2. The van der Waals surface area contributed by atoms with Gasteiger partial charge in [-0.3, -0.25) is 0 Å². The van der Waals surface area contributed by atoms with Gasteiger partial charge in [0.1, 0.15) is 0 Å². The van der Waals surface area contributed by atoms with Crippen molar-refractivity contribution in [2.24, 2.45) is 0 Å². The van der Waals surface area contributed by atoms with Crippen LogP contribution in [0.25, 0.3) is 0 Å². The molecule has 0 atom stereocenters. The van der Waals surface area contributed by atoms with Gasteiger partial charge in [0.2, 0.25) is 0 Å². The Kier molecular flexibility index (Phi) is 7.74. The summed E-state index contributed by atoms with van der Waals surface area (Å²) in [4.78, 5) is 0. The molecule has 27 heavy (non-hydrogen) atoms. The van der Waals surface area contributed by atoms with E-state index >= 15 is 0 Å². The van der Waals surface area contributed by atoms with Crippen LogP contribution in [0.4, 0.5) is 0 Å². The monoisotopic (exact) mass is 486 g/mol. The molecule has 0 aliphatic carbocycles. The van der Waals surface area contributed by atoms with Crippen molar-refractivity contribution in [3.63, 3.8) is 0 Å². The van der Waals surface area contributed by atoms with Gasteiger partial charge in [0.05, 0.1) is 0 Å². The molecule has 5 heteroatoms. The first-order valence-electron chi connectivity index (χ1n) is 8.46. The van der Waals surface area contributed by atoms with Gasteiger partial charge in [-0.25, -0.2) is 0 Å². The van der Waals surface area contributed by atoms with Crippen LogP contribution in [0.5, 0.6) is 0 Å². The van der Waals surface area contributed by atoms with Crippen LogP contribution in [0.3, 0.4) is 0 Å². The van der Waals surface area contributed by atoms with E-state index in [0.717, 1.165) is 19.5 Å². The summed E-state index contributed by atoms with van der Waals surface area (Å²) in [7, 11) is 3.67. The zero-order valence-electron chi connectivity index (χ0n) is 15.1. The first-order chi connectivity index (χ1) is 13.0. The van der Waals surface area contributed by atoms with Crippen LogP contribution in [0, 0.1) is 13.8 Å². The molecule has 0 aliphatic heterocycles. The van der Waals surface area contributed by atoms with Gasteiger partial charge in [0, 0.05) is 0 Å². The molecule has 0 aliphatic rings. The second kappa shape index (κ2) is 10.0. The van der Waals surface area contributed by atoms with E-state index in [2.05, 4.69) is 92.7 Å². The second-order valence-corrected chi connectivity index (χ2v) is 18.1. The fourth-order valence-corrected chi connectivity index (χ4v) is 17.2. The molecule has 0 radical (unpaired) electrons. The van der Waals surface area contributed by atoms with E-state index in [1.807, 2.05) is 20.0 Å². The van der Waals surface area contributed by atoms with Crippen molar-refractivity contribution in [2.75, 3.05) is 0 Å². The van der Waals surface area contributed by atoms with Gasteiger partial charge in [-0.2, -0.15) is 0 Å². The van der Waals surface area contributed by atoms with E-state index in [-0.39, 0.29) is 0 Å². The Hall–Kier alpha value is -0.902. The molecule has 3 aromatic carbocycles. The van der Waals surface area contributed by atoms with Crippen molar-refractivity contribution in [1.82, 2.24) is 0 Å². The fraction of sp³-hybridized carbons (Fsp3) is 0.0909. The Bertz CT molecular complexity index is 859. The molecule has 0 N–H and O–H groups in total. The van der Waals surface area contributed by atoms with Gasteiger partial charge in [-0.05, 0) is 0 Å². The maximum atomic E-state index is 5.77. The van der Waals surface area contributed by atoms with Gasteiger partial charge in [-0.1, -0.05) is 0 Å². The number of hydrogen-bond acceptors (Lipinski definition) is 4. The SMILES string of the molecule is Cc1ccc(C(=S)S[As](SC(=S)c2ccc(C)cc2)c2ccccc2)cc1. The van der Waals surface area contributed by atoms with E-state index in [0.29, 0.717) is 0 Å². The van der Waals surface area contributed by atoms with Gasteiger partial charge in [0.25, 0.3) is 0 Å². The van der Waals surface area contributed by atoms with Gasteiger partial charge < -0.3 is 0 Å². The molecule has 0 unspecified atom stereocenters. The number of rotatable bonds is 5. The first kappa shape index (κ1) is 20.8. The minimum absolute atomic E-state index is 0.957. The van der Waals surface area contributed by atoms with Crippen molar-refractivity contribution in [1.29, 1.82) is 0 Å². The summed E-state index contributed by atoms with van der Waals surface area (Å²) >= 11 is 9.94. The second-order valence-electron chi connectivity index (χ2n) is 6.08.